The fourth-order valence-electron chi connectivity index (χ4n) is 1.84. The molecule has 2 rings (SSSR count). The van der Waals surface area contributed by atoms with Crippen LogP contribution in [-0.2, 0) is 13.2 Å². The SMILES string of the molecule is CCNCc1ccc([N+](=O)[O-])c(OCc2cc(C)on2)c1. The summed E-state index contributed by atoms with van der Waals surface area (Å²) in [4.78, 5) is 10.6. The molecule has 1 aromatic heterocycles. The van der Waals surface area contributed by atoms with Crippen molar-refractivity contribution in [2.45, 2.75) is 27.0 Å². The van der Waals surface area contributed by atoms with Gasteiger partial charge in [0.25, 0.3) is 0 Å². The van der Waals surface area contributed by atoms with Gasteiger partial charge >= 0.3 is 5.69 Å². The zero-order chi connectivity index (χ0) is 15.2. The van der Waals surface area contributed by atoms with Gasteiger partial charge < -0.3 is 14.6 Å². The number of ether oxygens (including phenoxy) is 1. The first-order chi connectivity index (χ1) is 10.1. The highest BCUT2D eigenvalue weighted by Gasteiger charge is 2.16. The molecule has 0 fully saturated rings. The van der Waals surface area contributed by atoms with E-state index in [4.69, 9.17) is 9.26 Å². The molecule has 0 saturated carbocycles. The summed E-state index contributed by atoms with van der Waals surface area (Å²) < 4.78 is 10.5. The van der Waals surface area contributed by atoms with Crippen molar-refractivity contribution in [2.24, 2.45) is 0 Å². The number of aromatic nitrogens is 1. The first-order valence-electron chi connectivity index (χ1n) is 6.63. The molecule has 0 aliphatic rings. The summed E-state index contributed by atoms with van der Waals surface area (Å²) >= 11 is 0. The van der Waals surface area contributed by atoms with E-state index in [1.54, 1.807) is 25.1 Å². The Labute approximate surface area is 122 Å². The van der Waals surface area contributed by atoms with Crippen LogP contribution in [0, 0.1) is 17.0 Å². The van der Waals surface area contributed by atoms with Gasteiger partial charge in [-0.2, -0.15) is 0 Å². The van der Waals surface area contributed by atoms with Crippen LogP contribution in [0.3, 0.4) is 0 Å². The molecule has 0 saturated heterocycles. The van der Waals surface area contributed by atoms with E-state index >= 15 is 0 Å². The second kappa shape index (κ2) is 6.85. The first-order valence-corrected chi connectivity index (χ1v) is 6.63. The van der Waals surface area contributed by atoms with E-state index in [2.05, 4.69) is 10.5 Å². The van der Waals surface area contributed by atoms with Gasteiger partial charge in [-0.05, 0) is 25.1 Å². The Morgan fingerprint density at radius 2 is 2.24 bits per heavy atom. The van der Waals surface area contributed by atoms with Crippen LogP contribution in [-0.4, -0.2) is 16.6 Å². The molecule has 0 bridgehead atoms. The third-order valence-electron chi connectivity index (χ3n) is 2.85. The molecule has 0 aliphatic heterocycles. The molecule has 7 nitrogen and oxygen atoms in total. The molecule has 0 aliphatic carbocycles. The minimum Gasteiger partial charge on any atom is -0.480 e. The summed E-state index contributed by atoms with van der Waals surface area (Å²) in [6.45, 7) is 5.36. The molecule has 1 heterocycles. The summed E-state index contributed by atoms with van der Waals surface area (Å²) in [5, 5.41) is 18.0. The molecule has 0 radical (unpaired) electrons. The van der Waals surface area contributed by atoms with E-state index in [1.807, 2.05) is 6.92 Å². The largest absolute Gasteiger partial charge is 0.480 e. The molecule has 112 valence electrons. The van der Waals surface area contributed by atoms with Crippen molar-refractivity contribution in [1.82, 2.24) is 10.5 Å². The van der Waals surface area contributed by atoms with Crippen molar-refractivity contribution in [3.05, 3.63) is 51.4 Å². The highest BCUT2D eigenvalue weighted by Crippen LogP contribution is 2.28. The summed E-state index contributed by atoms with van der Waals surface area (Å²) in [5.41, 5.74) is 1.46. The maximum absolute atomic E-state index is 11.0. The normalized spacial score (nSPS) is 10.6. The molecule has 1 aromatic carbocycles. The highest BCUT2D eigenvalue weighted by molar-refractivity contribution is 5.48. The Morgan fingerprint density at radius 1 is 1.43 bits per heavy atom. The Kier molecular flexibility index (Phi) is 4.89. The van der Waals surface area contributed by atoms with Gasteiger partial charge in [-0.1, -0.05) is 18.1 Å². The van der Waals surface area contributed by atoms with Gasteiger partial charge in [-0.3, -0.25) is 10.1 Å². The van der Waals surface area contributed by atoms with E-state index in [-0.39, 0.29) is 18.0 Å². The second-order valence-electron chi connectivity index (χ2n) is 4.56. The Hall–Kier alpha value is -2.41. The van der Waals surface area contributed by atoms with Gasteiger partial charge in [-0.25, -0.2) is 0 Å². The van der Waals surface area contributed by atoms with E-state index in [0.717, 1.165) is 12.1 Å². The topological polar surface area (TPSA) is 90.4 Å². The van der Waals surface area contributed by atoms with E-state index in [1.165, 1.54) is 6.07 Å². The van der Waals surface area contributed by atoms with Gasteiger partial charge in [0.2, 0.25) is 0 Å². The Morgan fingerprint density at radius 3 is 2.86 bits per heavy atom. The number of nitro groups is 1. The van der Waals surface area contributed by atoms with Crippen LogP contribution in [0.5, 0.6) is 5.75 Å². The monoisotopic (exact) mass is 291 g/mol. The van der Waals surface area contributed by atoms with Crippen molar-refractivity contribution in [3.8, 4) is 5.75 Å². The van der Waals surface area contributed by atoms with Gasteiger partial charge in [-0.15, -0.1) is 0 Å². The van der Waals surface area contributed by atoms with Crippen molar-refractivity contribution >= 4 is 5.69 Å². The van der Waals surface area contributed by atoms with Crippen LogP contribution in [0.4, 0.5) is 5.69 Å². The minimum atomic E-state index is -0.458. The van der Waals surface area contributed by atoms with Crippen LogP contribution in [0.15, 0.2) is 28.8 Å². The molecule has 7 heteroatoms. The number of benzene rings is 1. The number of hydrogen-bond acceptors (Lipinski definition) is 6. The van der Waals surface area contributed by atoms with Crippen molar-refractivity contribution in [3.63, 3.8) is 0 Å². The molecule has 0 amide bonds. The number of aryl methyl sites for hydroxylation is 1. The molecule has 21 heavy (non-hydrogen) atoms. The standard InChI is InChI=1S/C14H17N3O4/c1-3-15-8-11-4-5-13(17(18)19)14(7-11)20-9-12-6-10(2)21-16-12/h4-7,15H,3,8-9H2,1-2H3. The lowest BCUT2D eigenvalue weighted by Gasteiger charge is -2.08. The molecule has 2 aromatic rings. The lowest BCUT2D eigenvalue weighted by Crippen LogP contribution is -2.12. The third-order valence-corrected chi connectivity index (χ3v) is 2.85. The molecule has 0 atom stereocenters. The molecule has 0 spiro atoms. The minimum absolute atomic E-state index is 0.0598. The predicted octanol–water partition coefficient (Wildman–Crippen LogP) is 2.58. The Bertz CT molecular complexity index is 624. The maximum atomic E-state index is 11.0. The number of rotatable bonds is 7. The summed E-state index contributed by atoms with van der Waals surface area (Å²) in [5.74, 6) is 0.903. The highest BCUT2D eigenvalue weighted by atomic mass is 16.6. The van der Waals surface area contributed by atoms with E-state index in [9.17, 15) is 10.1 Å². The third kappa shape index (κ3) is 4.03. The van der Waals surface area contributed by atoms with Crippen molar-refractivity contribution in [2.75, 3.05) is 6.54 Å². The molecule has 0 unspecified atom stereocenters. The second-order valence-corrected chi connectivity index (χ2v) is 4.56. The summed E-state index contributed by atoms with van der Waals surface area (Å²) in [6, 6.07) is 6.58. The lowest BCUT2D eigenvalue weighted by molar-refractivity contribution is -0.386. The Balaban J connectivity index is 2.15. The summed E-state index contributed by atoms with van der Waals surface area (Å²) in [7, 11) is 0. The fraction of sp³-hybridized carbons (Fsp3) is 0.357. The number of nitrogens with zero attached hydrogens (tertiary/aromatic N) is 2. The number of nitrogens with one attached hydrogen (secondary N) is 1. The van der Waals surface area contributed by atoms with Gasteiger partial charge in [0.1, 0.15) is 18.1 Å². The van der Waals surface area contributed by atoms with Gasteiger partial charge in [0.05, 0.1) is 4.92 Å². The predicted molar refractivity (Wildman–Crippen MR) is 76.0 cm³/mol. The smallest absolute Gasteiger partial charge is 0.310 e. The van der Waals surface area contributed by atoms with Crippen LogP contribution in [0.25, 0.3) is 0 Å². The van der Waals surface area contributed by atoms with Crippen LogP contribution in [0.2, 0.25) is 0 Å². The van der Waals surface area contributed by atoms with Crippen LogP contribution >= 0.6 is 0 Å². The zero-order valence-electron chi connectivity index (χ0n) is 12.0. The fourth-order valence-corrected chi connectivity index (χ4v) is 1.84. The molecule has 1 N–H and O–H groups in total. The van der Waals surface area contributed by atoms with E-state index < -0.39 is 4.92 Å². The quantitative estimate of drug-likeness (QED) is 0.623. The van der Waals surface area contributed by atoms with Gasteiger partial charge in [0.15, 0.2) is 5.75 Å². The van der Waals surface area contributed by atoms with Crippen LogP contribution < -0.4 is 10.1 Å². The first kappa shape index (κ1) is 15.0. The number of hydrogen-bond donors (Lipinski definition) is 1. The zero-order valence-corrected chi connectivity index (χ0v) is 12.0. The average molecular weight is 291 g/mol. The van der Waals surface area contributed by atoms with Crippen molar-refractivity contribution in [1.29, 1.82) is 0 Å². The van der Waals surface area contributed by atoms with Crippen LogP contribution in [0.1, 0.15) is 23.9 Å². The van der Waals surface area contributed by atoms with Gasteiger partial charge in [0, 0.05) is 18.7 Å². The molecular weight excluding hydrogens is 274 g/mol. The lowest BCUT2D eigenvalue weighted by atomic mass is 10.2. The summed E-state index contributed by atoms with van der Waals surface area (Å²) in [6.07, 6.45) is 0. The average Bonchev–Trinajstić information content (AvgIpc) is 2.88. The van der Waals surface area contributed by atoms with E-state index in [0.29, 0.717) is 18.0 Å². The molecular formula is C14H17N3O4. The number of nitro benzene ring substituents is 1. The van der Waals surface area contributed by atoms with Crippen molar-refractivity contribution < 1.29 is 14.2 Å². The maximum Gasteiger partial charge on any atom is 0.310 e.